The summed E-state index contributed by atoms with van der Waals surface area (Å²) in [5.41, 5.74) is 1.16. The van der Waals surface area contributed by atoms with Gasteiger partial charge in [-0.1, -0.05) is 6.07 Å². The SMILES string of the molecule is Cc1ccc(C(=O)Nc2ccc(I)cc2C(F)(F)F)cc1C. The Balaban J connectivity index is 2.34. The maximum atomic E-state index is 13.0. The van der Waals surface area contributed by atoms with Crippen molar-refractivity contribution in [3.63, 3.8) is 0 Å². The molecule has 0 saturated heterocycles. The first-order chi connectivity index (χ1) is 10.2. The molecule has 1 amide bonds. The Morgan fingerprint density at radius 3 is 2.32 bits per heavy atom. The lowest BCUT2D eigenvalue weighted by atomic mass is 10.1. The Hall–Kier alpha value is -1.57. The van der Waals surface area contributed by atoms with Gasteiger partial charge in [-0.2, -0.15) is 13.2 Å². The fraction of sp³-hybridized carbons (Fsp3) is 0.188. The first kappa shape index (κ1) is 16.8. The third kappa shape index (κ3) is 3.79. The minimum Gasteiger partial charge on any atom is -0.321 e. The second-order valence-electron chi connectivity index (χ2n) is 4.94. The molecule has 0 aromatic heterocycles. The van der Waals surface area contributed by atoms with Crippen molar-refractivity contribution >= 4 is 34.2 Å². The van der Waals surface area contributed by atoms with Gasteiger partial charge in [-0.25, -0.2) is 0 Å². The standard InChI is InChI=1S/C16H13F3INO/c1-9-3-4-11(7-10(9)2)15(22)21-14-6-5-12(20)8-13(14)16(17,18)19/h3-8H,1-2H3,(H,21,22). The highest BCUT2D eigenvalue weighted by Gasteiger charge is 2.34. The third-order valence-corrected chi connectivity index (χ3v) is 3.98. The van der Waals surface area contributed by atoms with Gasteiger partial charge in [-0.05, 0) is 77.9 Å². The quantitative estimate of drug-likeness (QED) is 0.668. The summed E-state index contributed by atoms with van der Waals surface area (Å²) in [5.74, 6) is -0.560. The summed E-state index contributed by atoms with van der Waals surface area (Å²) in [7, 11) is 0. The zero-order valence-electron chi connectivity index (χ0n) is 11.9. The van der Waals surface area contributed by atoms with E-state index in [2.05, 4.69) is 5.32 Å². The number of nitrogens with one attached hydrogen (secondary N) is 1. The fourth-order valence-corrected chi connectivity index (χ4v) is 2.43. The van der Waals surface area contributed by atoms with Crippen molar-refractivity contribution in [2.45, 2.75) is 20.0 Å². The van der Waals surface area contributed by atoms with Crippen molar-refractivity contribution in [2.75, 3.05) is 5.32 Å². The van der Waals surface area contributed by atoms with Crippen LogP contribution in [0.15, 0.2) is 36.4 Å². The maximum Gasteiger partial charge on any atom is 0.418 e. The summed E-state index contributed by atoms with van der Waals surface area (Å²) < 4.78 is 39.6. The predicted octanol–water partition coefficient (Wildman–Crippen LogP) is 5.18. The Morgan fingerprint density at radius 2 is 1.73 bits per heavy atom. The molecule has 0 spiro atoms. The van der Waals surface area contributed by atoms with Crippen LogP contribution < -0.4 is 5.32 Å². The fourth-order valence-electron chi connectivity index (χ4n) is 1.94. The second-order valence-corrected chi connectivity index (χ2v) is 6.19. The van der Waals surface area contributed by atoms with Crippen LogP contribution in [0.5, 0.6) is 0 Å². The number of aryl methyl sites for hydroxylation is 2. The summed E-state index contributed by atoms with van der Waals surface area (Å²) in [6, 6.07) is 8.82. The van der Waals surface area contributed by atoms with Crippen LogP contribution in [-0.4, -0.2) is 5.91 Å². The molecule has 0 fully saturated rings. The summed E-state index contributed by atoms with van der Waals surface area (Å²) in [6.45, 7) is 3.75. The van der Waals surface area contributed by atoms with Crippen molar-refractivity contribution in [1.29, 1.82) is 0 Å². The molecular formula is C16H13F3INO. The van der Waals surface area contributed by atoms with Crippen LogP contribution in [0.25, 0.3) is 0 Å². The lowest BCUT2D eigenvalue weighted by molar-refractivity contribution is -0.137. The molecule has 0 radical (unpaired) electrons. The molecule has 0 aliphatic rings. The molecule has 6 heteroatoms. The number of hydrogen-bond donors (Lipinski definition) is 1. The Labute approximate surface area is 139 Å². The molecule has 2 rings (SSSR count). The minimum atomic E-state index is -4.52. The van der Waals surface area contributed by atoms with Gasteiger partial charge >= 0.3 is 6.18 Å². The van der Waals surface area contributed by atoms with Crippen LogP contribution in [0.3, 0.4) is 0 Å². The van der Waals surface area contributed by atoms with E-state index in [4.69, 9.17) is 0 Å². The zero-order chi connectivity index (χ0) is 16.5. The van der Waals surface area contributed by atoms with E-state index in [-0.39, 0.29) is 5.69 Å². The van der Waals surface area contributed by atoms with Gasteiger partial charge in [-0.15, -0.1) is 0 Å². The largest absolute Gasteiger partial charge is 0.418 e. The predicted molar refractivity (Wildman–Crippen MR) is 88.0 cm³/mol. The Morgan fingerprint density at radius 1 is 1.05 bits per heavy atom. The molecule has 0 unspecified atom stereocenters. The Bertz CT molecular complexity index is 726. The van der Waals surface area contributed by atoms with Crippen LogP contribution in [0, 0.1) is 17.4 Å². The maximum absolute atomic E-state index is 13.0. The van der Waals surface area contributed by atoms with Gasteiger partial charge in [0.15, 0.2) is 0 Å². The number of alkyl halides is 3. The van der Waals surface area contributed by atoms with Gasteiger partial charge in [0.25, 0.3) is 5.91 Å². The number of benzene rings is 2. The molecule has 116 valence electrons. The smallest absolute Gasteiger partial charge is 0.321 e. The van der Waals surface area contributed by atoms with E-state index in [1.807, 2.05) is 13.8 Å². The first-order valence-corrected chi connectivity index (χ1v) is 7.51. The summed E-state index contributed by atoms with van der Waals surface area (Å²) in [6.07, 6.45) is -4.52. The summed E-state index contributed by atoms with van der Waals surface area (Å²) >= 11 is 1.80. The van der Waals surface area contributed by atoms with Crippen molar-refractivity contribution in [3.8, 4) is 0 Å². The number of amides is 1. The molecule has 2 aromatic carbocycles. The number of carbonyl (C=O) groups excluding carboxylic acids is 1. The van der Waals surface area contributed by atoms with Crippen LogP contribution in [0.4, 0.5) is 18.9 Å². The van der Waals surface area contributed by atoms with E-state index in [1.165, 1.54) is 12.1 Å². The molecule has 2 nitrogen and oxygen atoms in total. The average molecular weight is 419 g/mol. The van der Waals surface area contributed by atoms with Crippen LogP contribution >= 0.6 is 22.6 Å². The number of carbonyl (C=O) groups is 1. The van der Waals surface area contributed by atoms with Crippen molar-refractivity contribution in [3.05, 3.63) is 62.2 Å². The van der Waals surface area contributed by atoms with Crippen LogP contribution in [0.1, 0.15) is 27.0 Å². The molecular weight excluding hydrogens is 406 g/mol. The molecule has 2 aromatic rings. The van der Waals surface area contributed by atoms with Crippen molar-refractivity contribution in [2.24, 2.45) is 0 Å². The average Bonchev–Trinajstić information content (AvgIpc) is 2.42. The summed E-state index contributed by atoms with van der Waals surface area (Å²) in [4.78, 5) is 12.2. The van der Waals surface area contributed by atoms with Crippen LogP contribution in [-0.2, 0) is 6.18 Å². The monoisotopic (exact) mass is 419 g/mol. The highest BCUT2D eigenvalue weighted by Crippen LogP contribution is 2.36. The number of anilines is 1. The molecule has 0 aliphatic heterocycles. The normalized spacial score (nSPS) is 11.4. The highest BCUT2D eigenvalue weighted by molar-refractivity contribution is 14.1. The van der Waals surface area contributed by atoms with Crippen molar-refractivity contribution < 1.29 is 18.0 Å². The second kappa shape index (κ2) is 6.28. The number of halogens is 4. The van der Waals surface area contributed by atoms with Gasteiger partial charge in [-0.3, -0.25) is 4.79 Å². The first-order valence-electron chi connectivity index (χ1n) is 6.44. The molecule has 22 heavy (non-hydrogen) atoms. The molecule has 0 bridgehead atoms. The molecule has 0 saturated carbocycles. The van der Waals surface area contributed by atoms with E-state index in [0.29, 0.717) is 9.13 Å². The summed E-state index contributed by atoms with van der Waals surface area (Å²) in [5, 5.41) is 2.34. The minimum absolute atomic E-state index is 0.240. The van der Waals surface area contributed by atoms with Crippen molar-refractivity contribution in [1.82, 2.24) is 0 Å². The van der Waals surface area contributed by atoms with Crippen LogP contribution in [0.2, 0.25) is 0 Å². The van der Waals surface area contributed by atoms with Gasteiger partial charge < -0.3 is 5.32 Å². The lowest BCUT2D eigenvalue weighted by Gasteiger charge is -2.14. The van der Waals surface area contributed by atoms with Gasteiger partial charge in [0.1, 0.15) is 0 Å². The molecule has 0 atom stereocenters. The highest BCUT2D eigenvalue weighted by atomic mass is 127. The number of hydrogen-bond acceptors (Lipinski definition) is 1. The molecule has 1 N–H and O–H groups in total. The van der Waals surface area contributed by atoms with Gasteiger partial charge in [0.05, 0.1) is 11.3 Å². The van der Waals surface area contributed by atoms with E-state index < -0.39 is 17.6 Å². The lowest BCUT2D eigenvalue weighted by Crippen LogP contribution is -2.17. The van der Waals surface area contributed by atoms with E-state index >= 15 is 0 Å². The molecule has 0 aliphatic carbocycles. The van der Waals surface area contributed by atoms with Gasteiger partial charge in [0.2, 0.25) is 0 Å². The third-order valence-electron chi connectivity index (χ3n) is 3.30. The number of rotatable bonds is 2. The van der Waals surface area contributed by atoms with E-state index in [9.17, 15) is 18.0 Å². The zero-order valence-corrected chi connectivity index (χ0v) is 14.0. The Kier molecular flexibility index (Phi) is 4.79. The van der Waals surface area contributed by atoms with E-state index in [0.717, 1.165) is 17.2 Å². The molecule has 0 heterocycles. The van der Waals surface area contributed by atoms with E-state index in [1.54, 1.807) is 40.8 Å². The topological polar surface area (TPSA) is 29.1 Å². The van der Waals surface area contributed by atoms with Gasteiger partial charge in [0, 0.05) is 9.13 Å².